The average molecular weight is 547 g/mol. The van der Waals surface area contributed by atoms with E-state index in [0.717, 1.165) is 12.0 Å². The molecule has 2 N–H and O–H groups in total. The van der Waals surface area contributed by atoms with Gasteiger partial charge in [0.15, 0.2) is 24.1 Å². The van der Waals surface area contributed by atoms with Gasteiger partial charge in [0.05, 0.1) is 13.2 Å². The number of ether oxygens (including phenoxy) is 3. The molecule has 0 bridgehead atoms. The molecule has 1 rings (SSSR count). The molecule has 0 fully saturated rings. The second-order valence-electron chi connectivity index (χ2n) is 6.77. The molecule has 0 aliphatic carbocycles. The summed E-state index contributed by atoms with van der Waals surface area (Å²) in [7, 11) is 3.06. The van der Waals surface area contributed by atoms with E-state index in [2.05, 4.69) is 29.5 Å². The Hall–Kier alpha value is -1.43. The SMILES string of the molecule is CCOC(CCNC(=NC)NCc1ccc(OCC(F)(F)F)c(OC)c1)C(C)C.I. The third kappa shape index (κ3) is 11.1. The summed E-state index contributed by atoms with van der Waals surface area (Å²) in [4.78, 5) is 4.18. The van der Waals surface area contributed by atoms with Gasteiger partial charge in [0, 0.05) is 26.7 Å². The lowest BCUT2D eigenvalue weighted by Crippen LogP contribution is -2.38. The van der Waals surface area contributed by atoms with Crippen molar-refractivity contribution in [2.75, 3.05) is 33.9 Å². The smallest absolute Gasteiger partial charge is 0.422 e. The molecule has 1 aromatic carbocycles. The van der Waals surface area contributed by atoms with Crippen molar-refractivity contribution in [2.24, 2.45) is 10.9 Å². The van der Waals surface area contributed by atoms with Gasteiger partial charge >= 0.3 is 6.18 Å². The summed E-state index contributed by atoms with van der Waals surface area (Å²) in [5.74, 6) is 1.34. The van der Waals surface area contributed by atoms with Crippen molar-refractivity contribution < 1.29 is 27.4 Å². The molecular weight excluding hydrogens is 514 g/mol. The van der Waals surface area contributed by atoms with E-state index < -0.39 is 12.8 Å². The molecule has 10 heteroatoms. The number of nitrogens with one attached hydrogen (secondary N) is 2. The van der Waals surface area contributed by atoms with Crippen LogP contribution in [0.3, 0.4) is 0 Å². The third-order valence-corrected chi connectivity index (χ3v) is 4.15. The quantitative estimate of drug-likeness (QED) is 0.245. The molecule has 0 saturated carbocycles. The number of nitrogens with zero attached hydrogens (tertiary/aromatic N) is 1. The monoisotopic (exact) mass is 547 g/mol. The maximum Gasteiger partial charge on any atom is 0.422 e. The minimum absolute atomic E-state index is 0. The van der Waals surface area contributed by atoms with Crippen LogP contribution < -0.4 is 20.1 Å². The predicted molar refractivity (Wildman–Crippen MR) is 123 cm³/mol. The molecule has 0 radical (unpaired) electrons. The average Bonchev–Trinajstić information content (AvgIpc) is 2.67. The lowest BCUT2D eigenvalue weighted by Gasteiger charge is -2.21. The lowest BCUT2D eigenvalue weighted by atomic mass is 10.0. The molecular formula is C20H33F3IN3O3. The Morgan fingerprint density at radius 1 is 1.17 bits per heavy atom. The largest absolute Gasteiger partial charge is 0.493 e. The zero-order valence-electron chi connectivity index (χ0n) is 18.1. The fourth-order valence-corrected chi connectivity index (χ4v) is 2.66. The van der Waals surface area contributed by atoms with Gasteiger partial charge in [0.2, 0.25) is 0 Å². The molecule has 0 aliphatic heterocycles. The maximum absolute atomic E-state index is 12.3. The number of guanidine groups is 1. The predicted octanol–water partition coefficient (Wildman–Crippen LogP) is 4.37. The standard InChI is InChI=1S/C20H32F3N3O3.HI/c1-6-28-16(14(2)3)9-10-25-19(24-4)26-12-15-7-8-17(18(11-15)27-5)29-13-20(21,22)23;/h7-8,11,14,16H,6,9-10,12-13H2,1-5H3,(H2,24,25,26);1H. The minimum Gasteiger partial charge on any atom is -0.493 e. The van der Waals surface area contributed by atoms with Crippen LogP contribution in [0.4, 0.5) is 13.2 Å². The topological polar surface area (TPSA) is 64.1 Å². The Morgan fingerprint density at radius 3 is 2.40 bits per heavy atom. The molecule has 1 unspecified atom stereocenters. The van der Waals surface area contributed by atoms with Crippen LogP contribution in [0, 0.1) is 5.92 Å². The van der Waals surface area contributed by atoms with Crippen molar-refractivity contribution in [1.29, 1.82) is 0 Å². The van der Waals surface area contributed by atoms with Crippen LogP contribution in [0.15, 0.2) is 23.2 Å². The molecule has 1 atom stereocenters. The first kappa shape index (κ1) is 28.6. The van der Waals surface area contributed by atoms with E-state index in [4.69, 9.17) is 14.2 Å². The number of aliphatic imine (C=N–C) groups is 1. The molecule has 6 nitrogen and oxygen atoms in total. The van der Waals surface area contributed by atoms with Gasteiger partial charge in [-0.2, -0.15) is 13.2 Å². The van der Waals surface area contributed by atoms with Gasteiger partial charge in [0.1, 0.15) is 0 Å². The van der Waals surface area contributed by atoms with E-state index in [1.807, 2.05) is 6.92 Å². The van der Waals surface area contributed by atoms with Crippen molar-refractivity contribution in [1.82, 2.24) is 10.6 Å². The van der Waals surface area contributed by atoms with Crippen LogP contribution >= 0.6 is 24.0 Å². The van der Waals surface area contributed by atoms with Gasteiger partial charge < -0.3 is 24.8 Å². The Labute approximate surface area is 194 Å². The Bertz CT molecular complexity index is 643. The zero-order chi connectivity index (χ0) is 21.9. The summed E-state index contributed by atoms with van der Waals surface area (Å²) in [6.45, 7) is 6.68. The molecule has 0 aliphatic rings. The second kappa shape index (κ2) is 14.6. The molecule has 174 valence electrons. The van der Waals surface area contributed by atoms with Crippen molar-refractivity contribution in [3.8, 4) is 11.5 Å². The van der Waals surface area contributed by atoms with Gasteiger partial charge in [-0.05, 0) is 37.0 Å². The summed E-state index contributed by atoms with van der Waals surface area (Å²) in [6.07, 6.45) is -3.37. The molecule has 30 heavy (non-hydrogen) atoms. The molecule has 1 aromatic rings. The first-order valence-electron chi connectivity index (χ1n) is 9.62. The van der Waals surface area contributed by atoms with Crippen molar-refractivity contribution >= 4 is 29.9 Å². The first-order valence-corrected chi connectivity index (χ1v) is 9.62. The van der Waals surface area contributed by atoms with Crippen LogP contribution in [-0.2, 0) is 11.3 Å². The highest BCUT2D eigenvalue weighted by Crippen LogP contribution is 2.29. The van der Waals surface area contributed by atoms with Gasteiger partial charge in [-0.1, -0.05) is 19.9 Å². The highest BCUT2D eigenvalue weighted by atomic mass is 127. The third-order valence-electron chi connectivity index (χ3n) is 4.15. The molecule has 0 heterocycles. The number of rotatable bonds is 11. The highest BCUT2D eigenvalue weighted by molar-refractivity contribution is 14.0. The number of benzene rings is 1. The van der Waals surface area contributed by atoms with Gasteiger partial charge in [-0.3, -0.25) is 4.99 Å². The van der Waals surface area contributed by atoms with E-state index in [9.17, 15) is 13.2 Å². The minimum atomic E-state index is -4.40. The number of hydrogen-bond donors (Lipinski definition) is 2. The Balaban J connectivity index is 0.00000841. The van der Waals surface area contributed by atoms with Crippen molar-refractivity contribution in [2.45, 2.75) is 46.0 Å². The van der Waals surface area contributed by atoms with Crippen molar-refractivity contribution in [3.05, 3.63) is 23.8 Å². The Kier molecular flexibility index (Phi) is 13.9. The van der Waals surface area contributed by atoms with Crippen LogP contribution in [0.2, 0.25) is 0 Å². The highest BCUT2D eigenvalue weighted by Gasteiger charge is 2.29. The van der Waals surface area contributed by atoms with Gasteiger partial charge in [0.25, 0.3) is 0 Å². The summed E-state index contributed by atoms with van der Waals surface area (Å²) in [5, 5.41) is 6.41. The van der Waals surface area contributed by atoms with E-state index in [1.54, 1.807) is 19.2 Å². The molecule has 0 saturated heterocycles. The molecule has 0 amide bonds. The van der Waals surface area contributed by atoms with Gasteiger partial charge in [-0.15, -0.1) is 24.0 Å². The maximum atomic E-state index is 12.3. The lowest BCUT2D eigenvalue weighted by molar-refractivity contribution is -0.153. The van der Waals surface area contributed by atoms with Crippen LogP contribution in [0.5, 0.6) is 11.5 Å². The summed E-state index contributed by atoms with van der Waals surface area (Å²) >= 11 is 0. The summed E-state index contributed by atoms with van der Waals surface area (Å²) in [6, 6.07) is 4.78. The Morgan fingerprint density at radius 2 is 1.87 bits per heavy atom. The molecule has 0 aromatic heterocycles. The molecule has 0 spiro atoms. The first-order chi connectivity index (χ1) is 13.7. The summed E-state index contributed by atoms with van der Waals surface area (Å²) in [5.41, 5.74) is 0.818. The van der Waals surface area contributed by atoms with E-state index >= 15 is 0 Å². The van der Waals surface area contributed by atoms with E-state index in [1.165, 1.54) is 13.2 Å². The van der Waals surface area contributed by atoms with Crippen molar-refractivity contribution in [3.63, 3.8) is 0 Å². The summed E-state index contributed by atoms with van der Waals surface area (Å²) < 4.78 is 52.7. The normalized spacial score (nSPS) is 12.9. The fraction of sp³-hybridized carbons (Fsp3) is 0.650. The number of hydrogen-bond acceptors (Lipinski definition) is 4. The van der Waals surface area contributed by atoms with Crippen LogP contribution in [0.25, 0.3) is 0 Å². The number of methoxy groups -OCH3 is 1. The van der Waals surface area contributed by atoms with Crippen LogP contribution in [0.1, 0.15) is 32.8 Å². The van der Waals surface area contributed by atoms with Gasteiger partial charge in [-0.25, -0.2) is 0 Å². The second-order valence-corrected chi connectivity index (χ2v) is 6.77. The van der Waals surface area contributed by atoms with Crippen LogP contribution in [-0.4, -0.2) is 52.2 Å². The number of halogens is 4. The number of alkyl halides is 3. The zero-order valence-corrected chi connectivity index (χ0v) is 20.5. The van der Waals surface area contributed by atoms with E-state index in [0.29, 0.717) is 31.6 Å². The van der Waals surface area contributed by atoms with E-state index in [-0.39, 0.29) is 41.6 Å². The fourth-order valence-electron chi connectivity index (χ4n) is 2.66.